The first-order valence-corrected chi connectivity index (χ1v) is 8.14. The van der Waals surface area contributed by atoms with Crippen molar-refractivity contribution in [1.82, 2.24) is 15.1 Å². The number of rotatable bonds is 5. The summed E-state index contributed by atoms with van der Waals surface area (Å²) in [6.07, 6.45) is 4.04. The molecule has 1 aromatic heterocycles. The summed E-state index contributed by atoms with van der Waals surface area (Å²) in [5.41, 5.74) is 0.787. The van der Waals surface area contributed by atoms with Gasteiger partial charge in [-0.15, -0.1) is 0 Å². The van der Waals surface area contributed by atoms with Crippen molar-refractivity contribution in [1.29, 1.82) is 0 Å². The normalized spacial score (nSPS) is 11.8. The molecule has 7 nitrogen and oxygen atoms in total. The second kappa shape index (κ2) is 8.33. The number of benzene rings is 1. The molecule has 1 N–H and O–H groups in total. The van der Waals surface area contributed by atoms with E-state index in [2.05, 4.69) is 10.4 Å². The van der Waals surface area contributed by atoms with Crippen molar-refractivity contribution in [3.05, 3.63) is 59.5 Å². The molecule has 7 heteroatoms. The van der Waals surface area contributed by atoms with Gasteiger partial charge < -0.3 is 9.47 Å². The molecule has 1 aromatic carbocycles. The molecule has 0 saturated heterocycles. The number of hydrogen-bond donors (Lipinski definition) is 1. The summed E-state index contributed by atoms with van der Waals surface area (Å²) >= 11 is 0. The zero-order chi connectivity index (χ0) is 19.2. The van der Waals surface area contributed by atoms with Crippen LogP contribution in [0.4, 0.5) is 4.79 Å². The Morgan fingerprint density at radius 1 is 1.23 bits per heavy atom. The minimum atomic E-state index is -0.732. The van der Waals surface area contributed by atoms with Gasteiger partial charge in [0.2, 0.25) is 0 Å². The summed E-state index contributed by atoms with van der Waals surface area (Å²) in [4.78, 5) is 24.5. The fourth-order valence-electron chi connectivity index (χ4n) is 2.04. The number of alkyl carbamates (subject to hydrolysis) is 1. The largest absolute Gasteiger partial charge is 0.456 e. The number of hydrogen-bond acceptors (Lipinski definition) is 5. The van der Waals surface area contributed by atoms with Crippen LogP contribution in [0.3, 0.4) is 0 Å². The first-order chi connectivity index (χ1) is 12.2. The van der Waals surface area contributed by atoms with E-state index >= 15 is 0 Å². The van der Waals surface area contributed by atoms with Crippen LogP contribution in [-0.2, 0) is 27.9 Å². The third kappa shape index (κ3) is 6.43. The van der Waals surface area contributed by atoms with Crippen LogP contribution < -0.4 is 5.32 Å². The third-order valence-corrected chi connectivity index (χ3v) is 3.10. The lowest BCUT2D eigenvalue weighted by atomic mass is 10.2. The first kappa shape index (κ1) is 19.2. The highest BCUT2D eigenvalue weighted by molar-refractivity contribution is 5.96. The average Bonchev–Trinajstić information content (AvgIpc) is 2.96. The maximum atomic E-state index is 12.4. The van der Waals surface area contributed by atoms with Crippen LogP contribution in [0.15, 0.2) is 48.4 Å². The molecule has 0 fully saturated rings. The van der Waals surface area contributed by atoms with Crippen molar-refractivity contribution in [2.45, 2.75) is 33.0 Å². The van der Waals surface area contributed by atoms with Crippen LogP contribution in [0.5, 0.6) is 0 Å². The Morgan fingerprint density at radius 3 is 2.50 bits per heavy atom. The molecule has 2 rings (SSSR count). The SMILES string of the molecule is Cn1cc(C=C(NC(=O)OC(C)(C)C)C(=O)OCc2ccccc2)cn1. The summed E-state index contributed by atoms with van der Waals surface area (Å²) in [5.74, 6) is -0.663. The molecule has 0 bridgehead atoms. The Kier molecular flexibility index (Phi) is 6.16. The number of aryl methyl sites for hydroxylation is 1. The van der Waals surface area contributed by atoms with Gasteiger partial charge in [-0.2, -0.15) is 5.10 Å². The minimum absolute atomic E-state index is 0.0248. The van der Waals surface area contributed by atoms with Gasteiger partial charge in [0.05, 0.1) is 6.20 Å². The van der Waals surface area contributed by atoms with E-state index in [9.17, 15) is 9.59 Å². The number of ether oxygens (including phenoxy) is 2. The molecular formula is C19H23N3O4. The number of amides is 1. The number of nitrogens with zero attached hydrogens (tertiary/aromatic N) is 2. The van der Waals surface area contributed by atoms with Crippen LogP contribution in [-0.4, -0.2) is 27.4 Å². The van der Waals surface area contributed by atoms with Gasteiger partial charge >= 0.3 is 12.1 Å². The lowest BCUT2D eigenvalue weighted by Crippen LogP contribution is -2.34. The average molecular weight is 357 g/mol. The highest BCUT2D eigenvalue weighted by atomic mass is 16.6. The van der Waals surface area contributed by atoms with Gasteiger partial charge in [-0.1, -0.05) is 30.3 Å². The monoisotopic (exact) mass is 357 g/mol. The Balaban J connectivity index is 2.12. The van der Waals surface area contributed by atoms with Crippen molar-refractivity contribution in [3.63, 3.8) is 0 Å². The van der Waals surface area contributed by atoms with Crippen LogP contribution in [0.25, 0.3) is 6.08 Å². The Bertz CT molecular complexity index is 789. The molecule has 0 aliphatic carbocycles. The molecule has 0 aliphatic rings. The van der Waals surface area contributed by atoms with Crippen molar-refractivity contribution >= 4 is 18.1 Å². The van der Waals surface area contributed by atoms with Crippen LogP contribution in [0, 0.1) is 0 Å². The second-order valence-corrected chi connectivity index (χ2v) is 6.69. The Labute approximate surface area is 152 Å². The van der Waals surface area contributed by atoms with E-state index in [1.807, 2.05) is 30.3 Å². The maximum Gasteiger partial charge on any atom is 0.412 e. The van der Waals surface area contributed by atoms with Gasteiger partial charge in [0.1, 0.15) is 17.9 Å². The molecule has 0 atom stereocenters. The van der Waals surface area contributed by atoms with Crippen molar-refractivity contribution in [2.75, 3.05) is 0 Å². The fraction of sp³-hybridized carbons (Fsp3) is 0.316. The number of carbonyl (C=O) groups is 2. The molecular weight excluding hydrogens is 334 g/mol. The smallest absolute Gasteiger partial charge is 0.412 e. The molecule has 0 unspecified atom stereocenters. The molecule has 26 heavy (non-hydrogen) atoms. The van der Waals surface area contributed by atoms with Gasteiger partial charge in [0.15, 0.2) is 0 Å². The predicted molar refractivity (Wildman–Crippen MR) is 96.8 cm³/mol. The quantitative estimate of drug-likeness (QED) is 0.657. The molecule has 0 radical (unpaired) electrons. The summed E-state index contributed by atoms with van der Waals surface area (Å²) in [6, 6.07) is 9.28. The van der Waals surface area contributed by atoms with Gasteiger partial charge in [0, 0.05) is 18.8 Å². The molecule has 1 amide bonds. The molecule has 2 aromatic rings. The number of aromatic nitrogens is 2. The third-order valence-electron chi connectivity index (χ3n) is 3.10. The van der Waals surface area contributed by atoms with Crippen LogP contribution in [0.1, 0.15) is 31.9 Å². The Morgan fingerprint density at radius 2 is 1.92 bits per heavy atom. The van der Waals surface area contributed by atoms with E-state index in [-0.39, 0.29) is 12.3 Å². The summed E-state index contributed by atoms with van der Waals surface area (Å²) in [6.45, 7) is 5.32. The van der Waals surface area contributed by atoms with Crippen molar-refractivity contribution < 1.29 is 19.1 Å². The van der Waals surface area contributed by atoms with Gasteiger partial charge in [-0.3, -0.25) is 10.00 Å². The molecule has 1 heterocycles. The van der Waals surface area contributed by atoms with Crippen LogP contribution >= 0.6 is 0 Å². The maximum absolute atomic E-state index is 12.4. The van der Waals surface area contributed by atoms with E-state index in [4.69, 9.17) is 9.47 Å². The lowest BCUT2D eigenvalue weighted by molar-refractivity contribution is -0.140. The molecule has 0 spiro atoms. The van der Waals surface area contributed by atoms with E-state index in [1.54, 1.807) is 44.9 Å². The zero-order valence-corrected chi connectivity index (χ0v) is 15.4. The summed E-state index contributed by atoms with van der Waals surface area (Å²) in [7, 11) is 1.76. The standard InChI is InChI=1S/C19H23N3O4/c1-19(2,3)26-18(24)21-16(10-15-11-20-22(4)12-15)17(23)25-13-14-8-6-5-7-9-14/h5-12H,13H2,1-4H3,(H,21,24). The van der Waals surface area contributed by atoms with E-state index in [1.165, 1.54) is 6.08 Å². The van der Waals surface area contributed by atoms with Crippen LogP contribution in [0.2, 0.25) is 0 Å². The van der Waals surface area contributed by atoms with E-state index < -0.39 is 17.7 Å². The highest BCUT2D eigenvalue weighted by Gasteiger charge is 2.20. The summed E-state index contributed by atoms with van der Waals surface area (Å²) < 4.78 is 12.1. The van der Waals surface area contributed by atoms with E-state index in [0.29, 0.717) is 5.56 Å². The zero-order valence-electron chi connectivity index (χ0n) is 15.4. The summed E-state index contributed by atoms with van der Waals surface area (Å²) in [5, 5.41) is 6.49. The first-order valence-electron chi connectivity index (χ1n) is 8.14. The minimum Gasteiger partial charge on any atom is -0.456 e. The number of carbonyl (C=O) groups excluding carboxylic acids is 2. The number of nitrogens with one attached hydrogen (secondary N) is 1. The van der Waals surface area contributed by atoms with Gasteiger partial charge in [0.25, 0.3) is 0 Å². The highest BCUT2D eigenvalue weighted by Crippen LogP contribution is 2.11. The van der Waals surface area contributed by atoms with E-state index in [0.717, 1.165) is 5.56 Å². The van der Waals surface area contributed by atoms with Crippen molar-refractivity contribution in [3.8, 4) is 0 Å². The number of esters is 1. The van der Waals surface area contributed by atoms with Gasteiger partial charge in [-0.05, 0) is 32.4 Å². The Hall–Kier alpha value is -3.09. The second-order valence-electron chi connectivity index (χ2n) is 6.69. The molecule has 0 saturated carbocycles. The fourth-order valence-corrected chi connectivity index (χ4v) is 2.04. The lowest BCUT2D eigenvalue weighted by Gasteiger charge is -2.20. The topological polar surface area (TPSA) is 82.5 Å². The van der Waals surface area contributed by atoms with Gasteiger partial charge in [-0.25, -0.2) is 9.59 Å². The molecule has 0 aliphatic heterocycles. The molecule has 138 valence electrons. The van der Waals surface area contributed by atoms with Crippen molar-refractivity contribution in [2.24, 2.45) is 7.05 Å². The predicted octanol–water partition coefficient (Wildman–Crippen LogP) is 3.03.